The molecule has 4 aromatic rings. The van der Waals surface area contributed by atoms with Gasteiger partial charge in [-0.05, 0) is 36.6 Å². The van der Waals surface area contributed by atoms with Gasteiger partial charge in [0.25, 0.3) is 0 Å². The average Bonchev–Trinajstić information content (AvgIpc) is 3.13. The van der Waals surface area contributed by atoms with Gasteiger partial charge in [-0.25, -0.2) is 9.97 Å². The molecule has 7 heteroatoms. The fourth-order valence-corrected chi connectivity index (χ4v) is 4.39. The van der Waals surface area contributed by atoms with Crippen LogP contribution in [0.15, 0.2) is 54.9 Å². The van der Waals surface area contributed by atoms with Crippen molar-refractivity contribution >= 4 is 33.7 Å². The summed E-state index contributed by atoms with van der Waals surface area (Å²) in [6, 6.07) is 15.4. The average molecular weight is 401 g/mol. The summed E-state index contributed by atoms with van der Waals surface area (Å²) in [6.45, 7) is 1.38. The lowest BCUT2D eigenvalue weighted by molar-refractivity contribution is 0.0165. The smallest absolute Gasteiger partial charge is 0.248 e. The summed E-state index contributed by atoms with van der Waals surface area (Å²) in [6.07, 6.45) is 3.51. The molecule has 0 aliphatic carbocycles. The molecule has 30 heavy (non-hydrogen) atoms. The van der Waals surface area contributed by atoms with Crippen LogP contribution in [0.25, 0.3) is 21.9 Å². The first-order valence-electron chi connectivity index (χ1n) is 10.1. The van der Waals surface area contributed by atoms with E-state index in [0.717, 1.165) is 33.3 Å². The zero-order chi connectivity index (χ0) is 20.7. The van der Waals surface area contributed by atoms with Gasteiger partial charge in [-0.15, -0.1) is 0 Å². The molecule has 0 radical (unpaired) electrons. The number of nitrogens with two attached hydrogens (primary N) is 1. The number of piperidine rings is 1. The number of nitrogens with zero attached hydrogens (tertiary/aromatic N) is 3. The Hall–Kier alpha value is -3.45. The molecule has 0 unspecified atom stereocenters. The maximum absolute atomic E-state index is 11.7. The molecule has 0 bridgehead atoms. The van der Waals surface area contributed by atoms with Crippen molar-refractivity contribution in [1.29, 1.82) is 0 Å². The van der Waals surface area contributed by atoms with E-state index in [1.807, 2.05) is 24.3 Å². The van der Waals surface area contributed by atoms with Gasteiger partial charge in [-0.1, -0.05) is 30.3 Å². The number of rotatable bonds is 4. The predicted octanol–water partition coefficient (Wildman–Crippen LogP) is 2.78. The minimum Gasteiger partial charge on any atom is -0.389 e. The van der Waals surface area contributed by atoms with Gasteiger partial charge in [0.05, 0.1) is 11.0 Å². The summed E-state index contributed by atoms with van der Waals surface area (Å²) >= 11 is 0. The zero-order valence-electron chi connectivity index (χ0n) is 16.5. The lowest BCUT2D eigenvalue weighted by atomic mass is 9.85. The predicted molar refractivity (Wildman–Crippen MR) is 116 cm³/mol. The molecule has 1 aliphatic rings. The van der Waals surface area contributed by atoms with E-state index in [2.05, 4.69) is 32.0 Å². The lowest BCUT2D eigenvalue weighted by Crippen LogP contribution is -2.46. The number of primary amides is 1. The highest BCUT2D eigenvalue weighted by atomic mass is 16.3. The lowest BCUT2D eigenvalue weighted by Gasteiger charge is -2.39. The van der Waals surface area contributed by atoms with Crippen LogP contribution in [0.5, 0.6) is 0 Å². The van der Waals surface area contributed by atoms with Crippen LogP contribution in [0.4, 0.5) is 5.82 Å². The number of benzene rings is 2. The quantitative estimate of drug-likeness (QED) is 0.487. The number of aromatic nitrogens is 3. The number of anilines is 1. The van der Waals surface area contributed by atoms with Crippen molar-refractivity contribution in [2.45, 2.75) is 24.9 Å². The van der Waals surface area contributed by atoms with Crippen molar-refractivity contribution in [2.75, 3.05) is 18.0 Å². The Morgan fingerprint density at radius 3 is 2.63 bits per heavy atom. The van der Waals surface area contributed by atoms with Gasteiger partial charge >= 0.3 is 0 Å². The van der Waals surface area contributed by atoms with Gasteiger partial charge in [0, 0.05) is 36.0 Å². The van der Waals surface area contributed by atoms with E-state index in [1.165, 1.54) is 0 Å². The SMILES string of the molecule is NC(=O)c1ccc2[nH]c3ncnc(N4CCC(O)(Cc5ccccc5)CC4)c3c2c1. The maximum atomic E-state index is 11.7. The number of hydrogen-bond donors (Lipinski definition) is 3. The first kappa shape index (κ1) is 18.6. The van der Waals surface area contributed by atoms with Crippen LogP contribution in [0, 0.1) is 0 Å². The fourth-order valence-electron chi connectivity index (χ4n) is 4.39. The van der Waals surface area contributed by atoms with E-state index < -0.39 is 11.5 Å². The molecule has 1 amide bonds. The Bertz CT molecular complexity index is 1230. The largest absolute Gasteiger partial charge is 0.389 e. The van der Waals surface area contributed by atoms with Crippen LogP contribution in [-0.4, -0.2) is 44.7 Å². The van der Waals surface area contributed by atoms with E-state index in [0.29, 0.717) is 37.9 Å². The number of amides is 1. The van der Waals surface area contributed by atoms with Crippen molar-refractivity contribution in [2.24, 2.45) is 5.73 Å². The normalized spacial score (nSPS) is 16.2. The summed E-state index contributed by atoms with van der Waals surface area (Å²) in [5.74, 6) is 0.350. The first-order chi connectivity index (χ1) is 14.5. The van der Waals surface area contributed by atoms with E-state index in [4.69, 9.17) is 5.73 Å². The zero-order valence-corrected chi connectivity index (χ0v) is 16.5. The van der Waals surface area contributed by atoms with Gasteiger partial charge in [0.1, 0.15) is 17.8 Å². The monoisotopic (exact) mass is 401 g/mol. The molecule has 0 spiro atoms. The van der Waals surface area contributed by atoms with Crippen LogP contribution in [0.1, 0.15) is 28.8 Å². The van der Waals surface area contributed by atoms with E-state index in [1.54, 1.807) is 18.5 Å². The van der Waals surface area contributed by atoms with Crippen molar-refractivity contribution < 1.29 is 9.90 Å². The molecule has 1 aliphatic heterocycles. The standard InChI is InChI=1S/C23H23N5O2/c24-20(29)16-6-7-18-17(12-16)19-21(27-18)25-14-26-22(19)28-10-8-23(30,9-11-28)13-15-4-2-1-3-5-15/h1-7,12,14,30H,8-11,13H2,(H2,24,29)(H,25,26,27). The molecule has 2 aromatic heterocycles. The third-order valence-corrected chi connectivity index (χ3v) is 6.02. The number of carbonyl (C=O) groups excluding carboxylic acids is 1. The maximum Gasteiger partial charge on any atom is 0.248 e. The highest BCUT2D eigenvalue weighted by molar-refractivity contribution is 6.13. The number of nitrogens with one attached hydrogen (secondary N) is 1. The number of H-pyrrole nitrogens is 1. The number of aromatic amines is 1. The second-order valence-electron chi connectivity index (χ2n) is 8.04. The van der Waals surface area contributed by atoms with Crippen LogP contribution in [0.3, 0.4) is 0 Å². The van der Waals surface area contributed by atoms with Crippen molar-refractivity contribution in [1.82, 2.24) is 15.0 Å². The van der Waals surface area contributed by atoms with Gasteiger partial charge in [-0.2, -0.15) is 0 Å². The molecule has 0 atom stereocenters. The molecular weight excluding hydrogens is 378 g/mol. The molecule has 152 valence electrons. The molecule has 1 fully saturated rings. The number of hydrogen-bond acceptors (Lipinski definition) is 5. The molecule has 2 aromatic carbocycles. The van der Waals surface area contributed by atoms with E-state index in [9.17, 15) is 9.90 Å². The van der Waals surface area contributed by atoms with Crippen molar-refractivity contribution in [3.8, 4) is 0 Å². The Morgan fingerprint density at radius 2 is 1.90 bits per heavy atom. The Balaban J connectivity index is 1.46. The molecule has 7 nitrogen and oxygen atoms in total. The van der Waals surface area contributed by atoms with Gasteiger partial charge in [0.2, 0.25) is 5.91 Å². The second kappa shape index (κ2) is 7.11. The van der Waals surface area contributed by atoms with Crippen LogP contribution < -0.4 is 10.6 Å². The van der Waals surface area contributed by atoms with E-state index in [-0.39, 0.29) is 0 Å². The Kier molecular flexibility index (Phi) is 4.40. The summed E-state index contributed by atoms with van der Waals surface area (Å²) in [5.41, 5.74) is 7.96. The first-order valence-corrected chi connectivity index (χ1v) is 10.1. The molecule has 1 saturated heterocycles. The highest BCUT2D eigenvalue weighted by Gasteiger charge is 2.33. The summed E-state index contributed by atoms with van der Waals surface area (Å²) < 4.78 is 0. The summed E-state index contributed by atoms with van der Waals surface area (Å²) in [4.78, 5) is 26.1. The van der Waals surface area contributed by atoms with Gasteiger partial charge in [0.15, 0.2) is 0 Å². The van der Waals surface area contributed by atoms with Gasteiger partial charge < -0.3 is 20.7 Å². The van der Waals surface area contributed by atoms with Crippen LogP contribution >= 0.6 is 0 Å². The van der Waals surface area contributed by atoms with Crippen LogP contribution in [0.2, 0.25) is 0 Å². The topological polar surface area (TPSA) is 108 Å². The van der Waals surface area contributed by atoms with E-state index >= 15 is 0 Å². The summed E-state index contributed by atoms with van der Waals surface area (Å²) in [5, 5.41) is 12.9. The van der Waals surface area contributed by atoms with Gasteiger partial charge in [-0.3, -0.25) is 4.79 Å². The Labute approximate surface area is 173 Å². The number of fused-ring (bicyclic) bond motifs is 3. The molecule has 3 heterocycles. The molecule has 4 N–H and O–H groups in total. The van der Waals surface area contributed by atoms with Crippen LogP contribution in [-0.2, 0) is 6.42 Å². The molecular formula is C23H23N5O2. The number of carbonyl (C=O) groups is 1. The third kappa shape index (κ3) is 3.27. The molecule has 5 rings (SSSR count). The van der Waals surface area contributed by atoms with Crippen molar-refractivity contribution in [3.05, 3.63) is 66.0 Å². The fraction of sp³-hybridized carbons (Fsp3) is 0.261. The molecule has 0 saturated carbocycles. The Morgan fingerprint density at radius 1 is 1.13 bits per heavy atom. The minimum absolute atomic E-state index is 0.453. The summed E-state index contributed by atoms with van der Waals surface area (Å²) in [7, 11) is 0. The van der Waals surface area contributed by atoms with Crippen molar-refractivity contribution in [3.63, 3.8) is 0 Å². The highest BCUT2D eigenvalue weighted by Crippen LogP contribution is 2.35. The second-order valence-corrected chi connectivity index (χ2v) is 8.04. The number of aliphatic hydroxyl groups is 1. The third-order valence-electron chi connectivity index (χ3n) is 6.02. The minimum atomic E-state index is -0.719.